The highest BCUT2D eigenvalue weighted by Gasteiger charge is 2.40. The summed E-state index contributed by atoms with van der Waals surface area (Å²) in [6, 6.07) is -0.144. The zero-order valence-electron chi connectivity index (χ0n) is 10.8. The van der Waals surface area contributed by atoms with E-state index in [1.165, 1.54) is 9.58 Å². The van der Waals surface area contributed by atoms with Gasteiger partial charge in [-0.3, -0.25) is 10.1 Å². The van der Waals surface area contributed by atoms with Crippen molar-refractivity contribution in [3.63, 3.8) is 0 Å². The molecule has 0 radical (unpaired) electrons. The van der Waals surface area contributed by atoms with Crippen LogP contribution in [0.25, 0.3) is 0 Å². The van der Waals surface area contributed by atoms with Crippen LogP contribution in [0.3, 0.4) is 0 Å². The molecule has 0 bridgehead atoms. The first-order valence-corrected chi connectivity index (χ1v) is 5.92. The summed E-state index contributed by atoms with van der Waals surface area (Å²) in [6.07, 6.45) is -2.86. The molecule has 8 heteroatoms. The number of amidine groups is 1. The minimum atomic E-state index is -4.30. The van der Waals surface area contributed by atoms with E-state index in [2.05, 4.69) is 5.10 Å². The molecule has 0 unspecified atom stereocenters. The van der Waals surface area contributed by atoms with E-state index >= 15 is 0 Å². The summed E-state index contributed by atoms with van der Waals surface area (Å²) in [4.78, 5) is 1.26. The molecular formula is C11H16F3N5. The maximum Gasteiger partial charge on any atom is 0.405 e. The molecule has 1 saturated carbocycles. The Labute approximate surface area is 108 Å². The number of nitrogens with two attached hydrogens (primary N) is 1. The lowest BCUT2D eigenvalue weighted by atomic mass is 10.2. The lowest BCUT2D eigenvalue weighted by molar-refractivity contribution is -0.120. The van der Waals surface area contributed by atoms with Crippen LogP contribution in [0, 0.1) is 12.3 Å². The molecule has 1 heterocycles. The molecule has 3 N–H and O–H groups in total. The van der Waals surface area contributed by atoms with E-state index in [0.717, 1.165) is 12.8 Å². The number of alkyl halides is 3. The minimum Gasteiger partial charge on any atom is -0.384 e. The van der Waals surface area contributed by atoms with Gasteiger partial charge < -0.3 is 10.6 Å². The second-order valence-electron chi connectivity index (χ2n) is 4.80. The van der Waals surface area contributed by atoms with Crippen LogP contribution < -0.4 is 10.6 Å². The van der Waals surface area contributed by atoms with Crippen molar-refractivity contribution in [1.29, 1.82) is 5.41 Å². The molecule has 106 valence electrons. The number of rotatable bonds is 4. The Morgan fingerprint density at radius 3 is 2.53 bits per heavy atom. The van der Waals surface area contributed by atoms with Crippen molar-refractivity contribution in [3.05, 3.63) is 11.3 Å². The zero-order chi connectivity index (χ0) is 14.4. The fourth-order valence-corrected chi connectivity index (χ4v) is 2.25. The van der Waals surface area contributed by atoms with E-state index in [4.69, 9.17) is 11.1 Å². The first kappa shape index (κ1) is 13.7. The molecule has 5 nitrogen and oxygen atoms in total. The molecule has 1 aromatic heterocycles. The smallest absolute Gasteiger partial charge is 0.384 e. The second-order valence-corrected chi connectivity index (χ2v) is 4.80. The van der Waals surface area contributed by atoms with Crippen molar-refractivity contribution in [2.45, 2.75) is 32.0 Å². The summed E-state index contributed by atoms with van der Waals surface area (Å²) in [5.41, 5.74) is 6.23. The minimum absolute atomic E-state index is 0.144. The lowest BCUT2D eigenvalue weighted by Gasteiger charge is -2.26. The van der Waals surface area contributed by atoms with Crippen molar-refractivity contribution in [3.8, 4) is 0 Å². The van der Waals surface area contributed by atoms with Gasteiger partial charge in [-0.05, 0) is 19.8 Å². The number of aryl methyl sites for hydroxylation is 2. The Bertz CT molecular complexity index is 501. The molecular weight excluding hydrogens is 259 g/mol. The van der Waals surface area contributed by atoms with Crippen LogP contribution in [0.15, 0.2) is 0 Å². The van der Waals surface area contributed by atoms with Crippen LogP contribution in [0.5, 0.6) is 0 Å². The molecule has 1 aromatic rings. The summed E-state index contributed by atoms with van der Waals surface area (Å²) in [5.74, 6) is 0.0262. The van der Waals surface area contributed by atoms with E-state index in [9.17, 15) is 13.2 Å². The molecule has 0 spiro atoms. The monoisotopic (exact) mass is 275 g/mol. The van der Waals surface area contributed by atoms with Gasteiger partial charge in [0, 0.05) is 13.1 Å². The second kappa shape index (κ2) is 4.43. The molecule has 0 aromatic carbocycles. The van der Waals surface area contributed by atoms with Crippen LogP contribution in [0.2, 0.25) is 0 Å². The highest BCUT2D eigenvalue weighted by Crippen LogP contribution is 2.36. The van der Waals surface area contributed by atoms with Gasteiger partial charge in [-0.1, -0.05) is 0 Å². The molecule has 2 rings (SSSR count). The number of nitrogens with one attached hydrogen (secondary N) is 1. The van der Waals surface area contributed by atoms with Gasteiger partial charge in [0.1, 0.15) is 18.2 Å². The number of nitrogen functional groups attached to an aromatic ring is 1. The molecule has 0 atom stereocenters. The van der Waals surface area contributed by atoms with Crippen LogP contribution >= 0.6 is 0 Å². The molecule has 0 aliphatic heterocycles. The van der Waals surface area contributed by atoms with E-state index in [1.54, 1.807) is 14.0 Å². The van der Waals surface area contributed by atoms with Crippen LogP contribution in [0.1, 0.15) is 24.1 Å². The van der Waals surface area contributed by atoms with Crippen molar-refractivity contribution in [1.82, 2.24) is 9.78 Å². The molecule has 0 saturated heterocycles. The maximum absolute atomic E-state index is 12.7. The standard InChI is InChI=1S/C11H16F3N5/c1-6-8(9(15)16)10(18(2)17-6)19(7-3-4-7)5-11(12,13)14/h7H,3-5H2,1-2H3,(H3,15,16). The maximum atomic E-state index is 12.7. The van der Waals surface area contributed by atoms with Crippen LogP contribution in [-0.4, -0.2) is 34.4 Å². The Morgan fingerprint density at radius 2 is 2.11 bits per heavy atom. The van der Waals surface area contributed by atoms with Crippen molar-refractivity contribution in [2.75, 3.05) is 11.4 Å². The van der Waals surface area contributed by atoms with Gasteiger partial charge in [-0.25, -0.2) is 0 Å². The number of hydrogen-bond acceptors (Lipinski definition) is 3. The number of aromatic nitrogens is 2. The largest absolute Gasteiger partial charge is 0.405 e. The average Bonchev–Trinajstić information content (AvgIpc) is 2.99. The fraction of sp³-hybridized carbons (Fsp3) is 0.636. The Hall–Kier alpha value is -1.73. The van der Waals surface area contributed by atoms with E-state index in [1.807, 2.05) is 0 Å². The molecule has 0 amide bonds. The van der Waals surface area contributed by atoms with E-state index < -0.39 is 12.7 Å². The third-order valence-corrected chi connectivity index (χ3v) is 3.07. The van der Waals surface area contributed by atoms with Crippen molar-refractivity contribution < 1.29 is 13.2 Å². The zero-order valence-corrected chi connectivity index (χ0v) is 10.8. The molecule has 1 aliphatic rings. The summed E-state index contributed by atoms with van der Waals surface area (Å²) in [5, 5.41) is 11.6. The van der Waals surface area contributed by atoms with Crippen LogP contribution in [0.4, 0.5) is 19.0 Å². The van der Waals surface area contributed by atoms with Crippen LogP contribution in [-0.2, 0) is 7.05 Å². The van der Waals surface area contributed by atoms with Gasteiger partial charge >= 0.3 is 6.18 Å². The van der Waals surface area contributed by atoms with Gasteiger partial charge in [0.15, 0.2) is 0 Å². The third-order valence-electron chi connectivity index (χ3n) is 3.07. The lowest BCUT2D eigenvalue weighted by Crippen LogP contribution is -2.38. The van der Waals surface area contributed by atoms with Crippen molar-refractivity contribution >= 4 is 11.7 Å². The van der Waals surface area contributed by atoms with Gasteiger partial charge in [0.05, 0.1) is 11.3 Å². The summed E-state index contributed by atoms with van der Waals surface area (Å²) in [6.45, 7) is 0.593. The average molecular weight is 275 g/mol. The third kappa shape index (κ3) is 2.82. The van der Waals surface area contributed by atoms with Gasteiger partial charge in [-0.2, -0.15) is 18.3 Å². The topological polar surface area (TPSA) is 70.9 Å². The number of anilines is 1. The quantitative estimate of drug-likeness (QED) is 0.647. The van der Waals surface area contributed by atoms with E-state index in [0.29, 0.717) is 11.3 Å². The molecule has 1 aliphatic carbocycles. The predicted molar refractivity (Wildman–Crippen MR) is 65.4 cm³/mol. The highest BCUT2D eigenvalue weighted by atomic mass is 19.4. The van der Waals surface area contributed by atoms with Gasteiger partial charge in [0.2, 0.25) is 0 Å². The van der Waals surface area contributed by atoms with Gasteiger partial charge in [-0.15, -0.1) is 0 Å². The normalized spacial score (nSPS) is 15.6. The Kier molecular flexibility index (Phi) is 3.19. The number of hydrogen-bond donors (Lipinski definition) is 2. The Morgan fingerprint density at radius 1 is 1.53 bits per heavy atom. The molecule has 1 fully saturated rings. The van der Waals surface area contributed by atoms with E-state index in [-0.39, 0.29) is 17.7 Å². The summed E-state index contributed by atoms with van der Waals surface area (Å²) < 4.78 is 39.5. The highest BCUT2D eigenvalue weighted by molar-refractivity contribution is 6.01. The SMILES string of the molecule is Cc1nn(C)c(N(CC(F)(F)F)C2CC2)c1C(=N)N. The number of nitrogens with zero attached hydrogens (tertiary/aromatic N) is 3. The Balaban J connectivity index is 2.44. The molecule has 19 heavy (non-hydrogen) atoms. The predicted octanol–water partition coefficient (Wildman–Crippen LogP) is 1.54. The first-order chi connectivity index (χ1) is 8.70. The number of halogens is 3. The first-order valence-electron chi connectivity index (χ1n) is 5.92. The van der Waals surface area contributed by atoms with Gasteiger partial charge in [0.25, 0.3) is 0 Å². The van der Waals surface area contributed by atoms with Crippen molar-refractivity contribution in [2.24, 2.45) is 12.8 Å². The summed E-state index contributed by atoms with van der Waals surface area (Å²) >= 11 is 0. The summed E-state index contributed by atoms with van der Waals surface area (Å²) in [7, 11) is 1.57. The fourth-order valence-electron chi connectivity index (χ4n) is 2.25.